The number of carbonyl (C=O) groups is 2. The first-order valence-corrected chi connectivity index (χ1v) is 11.2. The van der Waals surface area contributed by atoms with Gasteiger partial charge < -0.3 is 15.0 Å². The Morgan fingerprint density at radius 2 is 1.65 bits per heavy atom. The highest BCUT2D eigenvalue weighted by Gasteiger charge is 2.30. The first-order valence-electron chi connectivity index (χ1n) is 11.2. The van der Waals surface area contributed by atoms with Crippen molar-refractivity contribution in [2.75, 3.05) is 39.3 Å². The number of nitrogens with zero attached hydrogens (tertiary/aromatic N) is 2. The van der Waals surface area contributed by atoms with Crippen LogP contribution in [0.2, 0.25) is 0 Å². The van der Waals surface area contributed by atoms with Crippen LogP contribution in [0.15, 0.2) is 60.7 Å². The number of hydrogen-bond donors (Lipinski definition) is 1. The van der Waals surface area contributed by atoms with Crippen LogP contribution in [0.25, 0.3) is 0 Å². The first-order chi connectivity index (χ1) is 15.2. The highest BCUT2D eigenvalue weighted by molar-refractivity contribution is 5.97. The average molecular weight is 422 g/mol. The van der Waals surface area contributed by atoms with E-state index in [2.05, 4.69) is 10.2 Å². The Morgan fingerprint density at radius 1 is 0.968 bits per heavy atom. The van der Waals surface area contributed by atoms with Gasteiger partial charge in [0.05, 0.1) is 6.10 Å². The van der Waals surface area contributed by atoms with Gasteiger partial charge in [0.15, 0.2) is 0 Å². The number of hydrogen-bond acceptors (Lipinski definition) is 4. The molecule has 2 amide bonds. The molecule has 0 unspecified atom stereocenters. The molecule has 0 bridgehead atoms. The van der Waals surface area contributed by atoms with Crippen LogP contribution in [0.3, 0.4) is 0 Å². The second kappa shape index (κ2) is 10.6. The zero-order valence-electron chi connectivity index (χ0n) is 17.9. The molecule has 2 aliphatic heterocycles. The van der Waals surface area contributed by atoms with E-state index in [1.54, 1.807) is 12.1 Å². The van der Waals surface area contributed by atoms with Gasteiger partial charge in [0.2, 0.25) is 5.91 Å². The highest BCUT2D eigenvalue weighted by Crippen LogP contribution is 2.15. The third-order valence-corrected chi connectivity index (χ3v) is 6.09. The monoisotopic (exact) mass is 421 g/mol. The summed E-state index contributed by atoms with van der Waals surface area (Å²) in [7, 11) is 0. The molecule has 0 spiro atoms. The zero-order valence-corrected chi connectivity index (χ0v) is 17.9. The Morgan fingerprint density at radius 3 is 2.29 bits per heavy atom. The van der Waals surface area contributed by atoms with Gasteiger partial charge >= 0.3 is 0 Å². The fourth-order valence-corrected chi connectivity index (χ4v) is 4.33. The van der Waals surface area contributed by atoms with Crippen molar-refractivity contribution in [3.63, 3.8) is 0 Å². The highest BCUT2D eigenvalue weighted by atomic mass is 16.5. The summed E-state index contributed by atoms with van der Waals surface area (Å²) in [6.45, 7) is 4.86. The lowest BCUT2D eigenvalue weighted by atomic mass is 10.0. The van der Waals surface area contributed by atoms with Crippen LogP contribution in [0.4, 0.5) is 0 Å². The number of carbonyl (C=O) groups excluding carboxylic acids is 2. The number of nitrogens with one attached hydrogen (secondary N) is 1. The lowest BCUT2D eigenvalue weighted by Gasteiger charge is -2.37. The summed E-state index contributed by atoms with van der Waals surface area (Å²) in [4.78, 5) is 30.4. The average Bonchev–Trinajstić information content (AvgIpc) is 3.33. The van der Waals surface area contributed by atoms with Gasteiger partial charge in [-0.05, 0) is 30.5 Å². The van der Waals surface area contributed by atoms with E-state index < -0.39 is 6.04 Å². The molecular formula is C25H31N3O3. The number of benzene rings is 2. The Hall–Kier alpha value is -2.70. The van der Waals surface area contributed by atoms with E-state index in [-0.39, 0.29) is 11.8 Å². The third-order valence-electron chi connectivity index (χ3n) is 6.09. The largest absolute Gasteiger partial charge is 0.377 e. The smallest absolute Gasteiger partial charge is 0.251 e. The van der Waals surface area contributed by atoms with Crippen LogP contribution in [-0.4, -0.2) is 73.1 Å². The molecule has 164 valence electrons. The molecule has 0 aromatic heterocycles. The zero-order chi connectivity index (χ0) is 21.5. The maximum absolute atomic E-state index is 13.4. The molecule has 2 aromatic carbocycles. The van der Waals surface area contributed by atoms with E-state index >= 15 is 0 Å². The summed E-state index contributed by atoms with van der Waals surface area (Å²) >= 11 is 0. The molecular weight excluding hydrogens is 390 g/mol. The van der Waals surface area contributed by atoms with Crippen molar-refractivity contribution in [2.45, 2.75) is 31.4 Å². The van der Waals surface area contributed by atoms with Gasteiger partial charge in [0, 0.05) is 51.3 Å². The van der Waals surface area contributed by atoms with Gasteiger partial charge in [0.1, 0.15) is 6.04 Å². The lowest BCUT2D eigenvalue weighted by Crippen LogP contribution is -2.56. The number of ether oxygens (including phenoxy) is 1. The van der Waals surface area contributed by atoms with Crippen LogP contribution >= 0.6 is 0 Å². The van der Waals surface area contributed by atoms with Crippen LogP contribution in [0, 0.1) is 0 Å². The van der Waals surface area contributed by atoms with E-state index in [1.807, 2.05) is 53.4 Å². The lowest BCUT2D eigenvalue weighted by molar-refractivity contribution is -0.135. The molecule has 0 saturated carbocycles. The second-order valence-corrected chi connectivity index (χ2v) is 8.34. The quantitative estimate of drug-likeness (QED) is 0.746. The predicted molar refractivity (Wildman–Crippen MR) is 120 cm³/mol. The second-order valence-electron chi connectivity index (χ2n) is 8.34. The molecule has 2 aromatic rings. The Bertz CT molecular complexity index is 845. The molecule has 1 N–H and O–H groups in total. The van der Waals surface area contributed by atoms with Gasteiger partial charge in [-0.1, -0.05) is 48.5 Å². The molecule has 2 atom stereocenters. The number of piperazine rings is 1. The summed E-state index contributed by atoms with van der Waals surface area (Å²) in [6.07, 6.45) is 3.09. The normalized spacial score (nSPS) is 20.4. The first kappa shape index (κ1) is 21.5. The molecule has 0 aliphatic carbocycles. The van der Waals surface area contributed by atoms with Crippen molar-refractivity contribution in [1.29, 1.82) is 0 Å². The molecule has 4 rings (SSSR count). The Balaban J connectivity index is 1.39. The van der Waals surface area contributed by atoms with Crippen molar-refractivity contribution in [3.8, 4) is 0 Å². The van der Waals surface area contributed by atoms with Crippen molar-refractivity contribution in [3.05, 3.63) is 71.8 Å². The van der Waals surface area contributed by atoms with Crippen molar-refractivity contribution < 1.29 is 14.3 Å². The van der Waals surface area contributed by atoms with Gasteiger partial charge in [-0.2, -0.15) is 0 Å². The number of amides is 2. The molecule has 6 heteroatoms. The maximum atomic E-state index is 13.4. The van der Waals surface area contributed by atoms with Gasteiger partial charge in [-0.15, -0.1) is 0 Å². The molecule has 2 aliphatic rings. The van der Waals surface area contributed by atoms with E-state index in [9.17, 15) is 9.59 Å². The van der Waals surface area contributed by atoms with Crippen LogP contribution in [0.5, 0.6) is 0 Å². The van der Waals surface area contributed by atoms with E-state index in [0.717, 1.165) is 44.6 Å². The van der Waals surface area contributed by atoms with Crippen LogP contribution in [0.1, 0.15) is 28.8 Å². The SMILES string of the molecule is O=C(N[C@H](Cc1ccccc1)C(=O)N1CCN(C[C@H]2CCCO2)CC1)c1ccccc1. The summed E-state index contributed by atoms with van der Waals surface area (Å²) in [5, 5.41) is 2.99. The van der Waals surface area contributed by atoms with Gasteiger partial charge in [-0.3, -0.25) is 14.5 Å². The molecule has 6 nitrogen and oxygen atoms in total. The van der Waals surface area contributed by atoms with Gasteiger partial charge in [0.25, 0.3) is 5.91 Å². The minimum absolute atomic E-state index is 0.00935. The molecule has 2 heterocycles. The molecule has 0 radical (unpaired) electrons. The maximum Gasteiger partial charge on any atom is 0.251 e. The summed E-state index contributed by atoms with van der Waals surface area (Å²) in [5.41, 5.74) is 1.60. The molecule has 2 saturated heterocycles. The fraction of sp³-hybridized carbons (Fsp3) is 0.440. The fourth-order valence-electron chi connectivity index (χ4n) is 4.33. The summed E-state index contributed by atoms with van der Waals surface area (Å²) in [5.74, 6) is -0.225. The summed E-state index contributed by atoms with van der Waals surface area (Å²) < 4.78 is 5.75. The number of rotatable bonds is 7. The minimum Gasteiger partial charge on any atom is -0.377 e. The van der Waals surface area contributed by atoms with Gasteiger partial charge in [-0.25, -0.2) is 0 Å². The standard InChI is InChI=1S/C25H31N3O3/c29-24(21-10-5-2-6-11-21)26-23(18-20-8-3-1-4-9-20)25(30)28-15-13-27(14-16-28)19-22-12-7-17-31-22/h1-6,8-11,22-23H,7,12-19H2,(H,26,29)/t22-,23-/m1/s1. The third kappa shape index (κ3) is 5.93. The predicted octanol–water partition coefficient (Wildman–Crippen LogP) is 2.35. The summed E-state index contributed by atoms with van der Waals surface area (Å²) in [6, 6.07) is 18.3. The van der Waals surface area contributed by atoms with Crippen molar-refractivity contribution in [2.24, 2.45) is 0 Å². The van der Waals surface area contributed by atoms with E-state index in [0.29, 0.717) is 31.2 Å². The van der Waals surface area contributed by atoms with Crippen molar-refractivity contribution in [1.82, 2.24) is 15.1 Å². The minimum atomic E-state index is -0.583. The van der Waals surface area contributed by atoms with Crippen molar-refractivity contribution >= 4 is 11.8 Å². The van der Waals surface area contributed by atoms with Crippen LogP contribution < -0.4 is 5.32 Å². The Kier molecular flexibility index (Phi) is 7.33. The van der Waals surface area contributed by atoms with E-state index in [4.69, 9.17) is 4.74 Å². The Labute approximate surface area is 184 Å². The topological polar surface area (TPSA) is 61.9 Å². The van der Waals surface area contributed by atoms with E-state index in [1.165, 1.54) is 0 Å². The van der Waals surface area contributed by atoms with Crippen LogP contribution in [-0.2, 0) is 16.0 Å². The molecule has 31 heavy (non-hydrogen) atoms. The molecule has 2 fully saturated rings.